The fraction of sp³-hybridized carbons (Fsp3) is 0.0556. The molecule has 3 heteroatoms. The number of aromatic nitrogens is 1. The van der Waals surface area contributed by atoms with Gasteiger partial charge in [0.1, 0.15) is 0 Å². The van der Waals surface area contributed by atoms with E-state index < -0.39 is 0 Å². The number of aliphatic hydroxyl groups is 1. The van der Waals surface area contributed by atoms with E-state index in [1.807, 2.05) is 60.8 Å². The van der Waals surface area contributed by atoms with Gasteiger partial charge in [0.2, 0.25) is 0 Å². The third-order valence-corrected chi connectivity index (χ3v) is 3.39. The molecule has 0 atom stereocenters. The third kappa shape index (κ3) is 2.78. The smallest absolute Gasteiger partial charge is 0.0852 e. The summed E-state index contributed by atoms with van der Waals surface area (Å²) in [6, 6.07) is 13.9. The lowest BCUT2D eigenvalue weighted by Gasteiger charge is -2.25. The molecule has 104 valence electrons. The minimum absolute atomic E-state index is 0.0396. The van der Waals surface area contributed by atoms with E-state index in [9.17, 15) is 0 Å². The number of hydrogen-bond acceptors (Lipinski definition) is 3. The highest BCUT2D eigenvalue weighted by Gasteiger charge is 2.12. The van der Waals surface area contributed by atoms with Gasteiger partial charge in [-0.3, -0.25) is 4.98 Å². The SMILES string of the molecule is C=C1C=CC(c2ccc(CO)nc2)=CN1c1ccccc1. The van der Waals surface area contributed by atoms with Crippen molar-refractivity contribution in [1.29, 1.82) is 0 Å². The first-order valence-electron chi connectivity index (χ1n) is 6.77. The average molecular weight is 276 g/mol. The zero-order chi connectivity index (χ0) is 14.7. The van der Waals surface area contributed by atoms with E-state index in [2.05, 4.69) is 16.5 Å². The summed E-state index contributed by atoms with van der Waals surface area (Å²) in [5.41, 5.74) is 4.73. The Labute approximate surface area is 124 Å². The lowest BCUT2D eigenvalue weighted by Crippen LogP contribution is -2.16. The predicted octanol–water partition coefficient (Wildman–Crippen LogP) is 3.50. The number of anilines is 1. The quantitative estimate of drug-likeness (QED) is 0.932. The van der Waals surface area contributed by atoms with Crippen LogP contribution in [-0.2, 0) is 6.61 Å². The van der Waals surface area contributed by atoms with Crippen molar-refractivity contribution in [2.45, 2.75) is 6.61 Å². The number of para-hydroxylation sites is 1. The molecular formula is C18H16N2O. The molecule has 1 aromatic carbocycles. The molecule has 1 N–H and O–H groups in total. The van der Waals surface area contributed by atoms with E-state index in [4.69, 9.17) is 5.11 Å². The molecule has 21 heavy (non-hydrogen) atoms. The van der Waals surface area contributed by atoms with Crippen LogP contribution in [0, 0.1) is 0 Å². The van der Waals surface area contributed by atoms with Gasteiger partial charge < -0.3 is 10.0 Å². The van der Waals surface area contributed by atoms with Gasteiger partial charge in [0, 0.05) is 29.3 Å². The zero-order valence-electron chi connectivity index (χ0n) is 11.6. The van der Waals surface area contributed by atoms with E-state index in [0.717, 1.165) is 22.5 Å². The monoisotopic (exact) mass is 276 g/mol. The molecule has 0 bridgehead atoms. The third-order valence-electron chi connectivity index (χ3n) is 3.39. The van der Waals surface area contributed by atoms with Crippen molar-refractivity contribution in [3.05, 3.63) is 90.5 Å². The Bertz CT molecular complexity index is 700. The molecule has 2 aromatic rings. The summed E-state index contributed by atoms with van der Waals surface area (Å²) in [6.45, 7) is 4.03. The van der Waals surface area contributed by atoms with Crippen LogP contribution in [-0.4, -0.2) is 10.1 Å². The highest BCUT2D eigenvalue weighted by molar-refractivity contribution is 5.80. The number of hydrogen-bond donors (Lipinski definition) is 1. The van der Waals surface area contributed by atoms with E-state index in [1.54, 1.807) is 6.20 Å². The lowest BCUT2D eigenvalue weighted by molar-refractivity contribution is 0.277. The Morgan fingerprint density at radius 3 is 2.52 bits per heavy atom. The van der Waals surface area contributed by atoms with Crippen LogP contribution in [0.3, 0.4) is 0 Å². The largest absolute Gasteiger partial charge is 0.390 e. The summed E-state index contributed by atoms with van der Waals surface area (Å²) in [4.78, 5) is 6.27. The lowest BCUT2D eigenvalue weighted by atomic mass is 10.0. The molecule has 1 aromatic heterocycles. The van der Waals surface area contributed by atoms with E-state index >= 15 is 0 Å². The summed E-state index contributed by atoms with van der Waals surface area (Å²) >= 11 is 0. The van der Waals surface area contributed by atoms with Gasteiger partial charge in [-0.25, -0.2) is 0 Å². The molecule has 0 unspecified atom stereocenters. The molecule has 1 aliphatic heterocycles. The highest BCUT2D eigenvalue weighted by Crippen LogP contribution is 2.28. The van der Waals surface area contributed by atoms with Crippen molar-refractivity contribution in [3.8, 4) is 0 Å². The maximum Gasteiger partial charge on any atom is 0.0852 e. The normalized spacial score (nSPS) is 14.2. The number of allylic oxidation sites excluding steroid dienone is 3. The summed E-state index contributed by atoms with van der Waals surface area (Å²) in [7, 11) is 0. The fourth-order valence-corrected chi connectivity index (χ4v) is 2.22. The summed E-state index contributed by atoms with van der Waals surface area (Å²) < 4.78 is 0. The topological polar surface area (TPSA) is 36.4 Å². The van der Waals surface area contributed by atoms with E-state index in [0.29, 0.717) is 5.69 Å². The Kier molecular flexibility index (Phi) is 3.67. The molecule has 1 aliphatic rings. The Morgan fingerprint density at radius 1 is 1.05 bits per heavy atom. The maximum absolute atomic E-state index is 9.05. The molecule has 0 spiro atoms. The van der Waals surface area contributed by atoms with Crippen LogP contribution in [0.1, 0.15) is 11.3 Å². The highest BCUT2D eigenvalue weighted by atomic mass is 16.3. The van der Waals surface area contributed by atoms with Gasteiger partial charge in [-0.15, -0.1) is 0 Å². The van der Waals surface area contributed by atoms with Gasteiger partial charge in [-0.1, -0.05) is 36.9 Å². The van der Waals surface area contributed by atoms with Crippen molar-refractivity contribution in [3.63, 3.8) is 0 Å². The van der Waals surface area contributed by atoms with Crippen LogP contribution in [0.4, 0.5) is 5.69 Å². The number of rotatable bonds is 3. The van der Waals surface area contributed by atoms with Gasteiger partial charge >= 0.3 is 0 Å². The maximum atomic E-state index is 9.05. The number of benzene rings is 1. The second-order valence-electron chi connectivity index (χ2n) is 4.81. The second kappa shape index (κ2) is 5.77. The minimum Gasteiger partial charge on any atom is -0.390 e. The van der Waals surface area contributed by atoms with Gasteiger partial charge in [0.25, 0.3) is 0 Å². The molecule has 3 nitrogen and oxygen atoms in total. The summed E-state index contributed by atoms with van der Waals surface area (Å²) in [5.74, 6) is 0. The van der Waals surface area contributed by atoms with Gasteiger partial charge in [-0.2, -0.15) is 0 Å². The van der Waals surface area contributed by atoms with Crippen LogP contribution >= 0.6 is 0 Å². The molecule has 0 aliphatic carbocycles. The Morgan fingerprint density at radius 2 is 1.86 bits per heavy atom. The summed E-state index contributed by atoms with van der Waals surface area (Å²) in [6.07, 6.45) is 7.84. The zero-order valence-corrected chi connectivity index (χ0v) is 11.6. The van der Waals surface area contributed by atoms with Crippen molar-refractivity contribution in [1.82, 2.24) is 4.98 Å². The second-order valence-corrected chi connectivity index (χ2v) is 4.81. The molecular weight excluding hydrogens is 260 g/mol. The standard InChI is InChI=1S/C18H16N2O/c1-14-7-8-16(15-9-10-17(13-21)19-11-15)12-20(14)18-5-3-2-4-6-18/h2-12,21H,1,13H2. The van der Waals surface area contributed by atoms with Crippen LogP contribution in [0.25, 0.3) is 5.57 Å². The van der Waals surface area contributed by atoms with Crippen LogP contribution in [0.2, 0.25) is 0 Å². The first-order chi connectivity index (χ1) is 10.3. The molecule has 2 heterocycles. The van der Waals surface area contributed by atoms with Gasteiger partial charge in [-0.05, 0) is 29.8 Å². The molecule has 0 amide bonds. The first kappa shape index (κ1) is 13.3. The number of nitrogens with zero attached hydrogens (tertiary/aromatic N) is 2. The minimum atomic E-state index is -0.0396. The van der Waals surface area contributed by atoms with Gasteiger partial charge in [0.05, 0.1) is 12.3 Å². The first-order valence-corrected chi connectivity index (χ1v) is 6.77. The van der Waals surface area contributed by atoms with Crippen molar-refractivity contribution < 1.29 is 5.11 Å². The van der Waals surface area contributed by atoms with Crippen LogP contribution in [0.5, 0.6) is 0 Å². The molecule has 0 saturated carbocycles. The van der Waals surface area contributed by atoms with Crippen LogP contribution in [0.15, 0.2) is 79.3 Å². The Hall–Kier alpha value is -2.65. The molecule has 0 radical (unpaired) electrons. The Balaban J connectivity index is 1.95. The van der Waals surface area contributed by atoms with Crippen LogP contribution < -0.4 is 4.90 Å². The van der Waals surface area contributed by atoms with Gasteiger partial charge in [0.15, 0.2) is 0 Å². The van der Waals surface area contributed by atoms with Crippen molar-refractivity contribution in [2.24, 2.45) is 0 Å². The number of pyridine rings is 1. The average Bonchev–Trinajstić information content (AvgIpc) is 2.56. The fourth-order valence-electron chi connectivity index (χ4n) is 2.22. The predicted molar refractivity (Wildman–Crippen MR) is 85.3 cm³/mol. The molecule has 0 saturated heterocycles. The van der Waals surface area contributed by atoms with E-state index in [1.165, 1.54) is 0 Å². The van der Waals surface area contributed by atoms with Crippen molar-refractivity contribution >= 4 is 11.3 Å². The molecule has 0 fully saturated rings. The van der Waals surface area contributed by atoms with E-state index in [-0.39, 0.29) is 6.61 Å². The number of aliphatic hydroxyl groups excluding tert-OH is 1. The molecule has 3 rings (SSSR count). The van der Waals surface area contributed by atoms with Crippen molar-refractivity contribution in [2.75, 3.05) is 4.90 Å². The summed E-state index contributed by atoms with van der Waals surface area (Å²) in [5, 5.41) is 9.05.